The number of aliphatic hydroxyl groups excluding tert-OH is 1. The van der Waals surface area contributed by atoms with Gasteiger partial charge in [-0.05, 0) is 23.1 Å². The molecule has 0 aliphatic carbocycles. The number of carbonyl (C=O) groups excluding carboxylic acids is 1. The van der Waals surface area contributed by atoms with Gasteiger partial charge in [0.15, 0.2) is 0 Å². The first kappa shape index (κ1) is 17.5. The standard InChI is InChI=1S/C20H25N3O2/c24-15-19(17-7-2-1-3-8-17)22-20(25)21-11-13-23-12-10-16-6-4-5-9-18(16)14-23/h1-9,19,24H,10-15H2,(H2,21,22,25)/t19-/m1/s1. The molecule has 3 N–H and O–H groups in total. The third kappa shape index (κ3) is 4.81. The molecule has 3 rings (SSSR count). The lowest BCUT2D eigenvalue weighted by atomic mass is 10.00. The number of aliphatic hydroxyl groups is 1. The molecule has 5 heteroatoms. The van der Waals surface area contributed by atoms with Crippen LogP contribution in [0.5, 0.6) is 0 Å². The average Bonchev–Trinajstić information content (AvgIpc) is 2.66. The largest absolute Gasteiger partial charge is 0.394 e. The SMILES string of the molecule is O=C(NCCN1CCc2ccccc2C1)N[C@H](CO)c1ccccc1. The molecule has 132 valence electrons. The molecule has 5 nitrogen and oxygen atoms in total. The van der Waals surface area contributed by atoms with Crippen LogP contribution >= 0.6 is 0 Å². The highest BCUT2D eigenvalue weighted by atomic mass is 16.3. The van der Waals surface area contributed by atoms with E-state index in [1.54, 1.807) is 0 Å². The highest BCUT2D eigenvalue weighted by Crippen LogP contribution is 2.17. The summed E-state index contributed by atoms with van der Waals surface area (Å²) < 4.78 is 0. The van der Waals surface area contributed by atoms with Gasteiger partial charge in [-0.2, -0.15) is 0 Å². The van der Waals surface area contributed by atoms with Gasteiger partial charge in [-0.1, -0.05) is 54.6 Å². The fraction of sp³-hybridized carbons (Fsp3) is 0.350. The molecule has 1 aliphatic rings. The summed E-state index contributed by atoms with van der Waals surface area (Å²) in [5.74, 6) is 0. The molecule has 0 bridgehead atoms. The van der Waals surface area contributed by atoms with Gasteiger partial charge < -0.3 is 15.7 Å². The highest BCUT2D eigenvalue weighted by Gasteiger charge is 2.16. The Morgan fingerprint density at radius 1 is 1.08 bits per heavy atom. The second kappa shape index (κ2) is 8.65. The summed E-state index contributed by atoms with van der Waals surface area (Å²) in [5.41, 5.74) is 3.70. The van der Waals surface area contributed by atoms with Crippen LogP contribution < -0.4 is 10.6 Å². The minimum Gasteiger partial charge on any atom is -0.394 e. The van der Waals surface area contributed by atoms with Crippen LogP contribution in [0.3, 0.4) is 0 Å². The van der Waals surface area contributed by atoms with Crippen LogP contribution in [0.2, 0.25) is 0 Å². The van der Waals surface area contributed by atoms with E-state index in [1.807, 2.05) is 30.3 Å². The van der Waals surface area contributed by atoms with Crippen molar-refractivity contribution >= 4 is 6.03 Å². The molecular formula is C20H25N3O2. The Kier molecular flexibility index (Phi) is 6.04. The zero-order chi connectivity index (χ0) is 17.5. The van der Waals surface area contributed by atoms with Gasteiger partial charge in [-0.15, -0.1) is 0 Å². The molecule has 2 amide bonds. The summed E-state index contributed by atoms with van der Waals surface area (Å²) in [5, 5.41) is 15.2. The Bertz CT molecular complexity index is 690. The lowest BCUT2D eigenvalue weighted by molar-refractivity contribution is 0.212. The van der Waals surface area contributed by atoms with Gasteiger partial charge in [0.05, 0.1) is 12.6 Å². The molecule has 0 fully saturated rings. The van der Waals surface area contributed by atoms with E-state index in [1.165, 1.54) is 11.1 Å². The molecule has 2 aromatic carbocycles. The number of hydrogen-bond acceptors (Lipinski definition) is 3. The number of nitrogens with one attached hydrogen (secondary N) is 2. The van der Waals surface area contributed by atoms with Crippen LogP contribution in [-0.4, -0.2) is 42.3 Å². The van der Waals surface area contributed by atoms with Gasteiger partial charge in [-0.3, -0.25) is 4.90 Å². The van der Waals surface area contributed by atoms with Crippen molar-refractivity contribution in [1.29, 1.82) is 0 Å². The van der Waals surface area contributed by atoms with Gasteiger partial charge in [0.25, 0.3) is 0 Å². The van der Waals surface area contributed by atoms with Crippen molar-refractivity contribution in [3.8, 4) is 0 Å². The van der Waals surface area contributed by atoms with Crippen molar-refractivity contribution in [1.82, 2.24) is 15.5 Å². The Morgan fingerprint density at radius 2 is 1.80 bits per heavy atom. The van der Waals surface area contributed by atoms with Crippen molar-refractivity contribution in [2.75, 3.05) is 26.2 Å². The molecule has 25 heavy (non-hydrogen) atoms. The number of nitrogens with zero attached hydrogens (tertiary/aromatic N) is 1. The summed E-state index contributed by atoms with van der Waals surface area (Å²) in [7, 11) is 0. The second-order valence-electron chi connectivity index (χ2n) is 6.34. The number of rotatable bonds is 6. The van der Waals surface area contributed by atoms with Crippen molar-refractivity contribution in [2.45, 2.75) is 19.0 Å². The molecular weight excluding hydrogens is 314 g/mol. The topological polar surface area (TPSA) is 64.6 Å². The van der Waals surface area contributed by atoms with Gasteiger partial charge in [-0.25, -0.2) is 4.79 Å². The lowest BCUT2D eigenvalue weighted by Gasteiger charge is -2.28. The predicted molar refractivity (Wildman–Crippen MR) is 98.2 cm³/mol. The van der Waals surface area contributed by atoms with E-state index >= 15 is 0 Å². The average molecular weight is 339 g/mol. The third-order valence-corrected chi connectivity index (χ3v) is 4.61. The third-order valence-electron chi connectivity index (χ3n) is 4.61. The first-order valence-electron chi connectivity index (χ1n) is 8.75. The number of benzene rings is 2. The summed E-state index contributed by atoms with van der Waals surface area (Å²) in [6, 6.07) is 17.4. The molecule has 1 heterocycles. The predicted octanol–water partition coefficient (Wildman–Crippen LogP) is 2.08. The maximum atomic E-state index is 12.1. The Morgan fingerprint density at radius 3 is 2.56 bits per heavy atom. The Hall–Kier alpha value is -2.37. The van der Waals surface area contributed by atoms with E-state index in [9.17, 15) is 9.90 Å². The van der Waals surface area contributed by atoms with Crippen LogP contribution in [0.15, 0.2) is 54.6 Å². The van der Waals surface area contributed by atoms with E-state index in [2.05, 4.69) is 39.8 Å². The molecule has 0 aromatic heterocycles. The molecule has 1 atom stereocenters. The summed E-state index contributed by atoms with van der Waals surface area (Å²) in [4.78, 5) is 14.4. The monoisotopic (exact) mass is 339 g/mol. The molecule has 0 unspecified atom stereocenters. The maximum absolute atomic E-state index is 12.1. The van der Waals surface area contributed by atoms with Crippen LogP contribution in [-0.2, 0) is 13.0 Å². The number of hydrogen-bond donors (Lipinski definition) is 3. The van der Waals surface area contributed by atoms with Gasteiger partial charge >= 0.3 is 6.03 Å². The molecule has 2 aromatic rings. The van der Waals surface area contributed by atoms with Gasteiger partial charge in [0.2, 0.25) is 0 Å². The zero-order valence-electron chi connectivity index (χ0n) is 14.3. The van der Waals surface area contributed by atoms with Crippen LogP contribution in [0, 0.1) is 0 Å². The number of urea groups is 1. The van der Waals surface area contributed by atoms with E-state index in [0.717, 1.165) is 31.6 Å². The summed E-state index contributed by atoms with van der Waals surface area (Å²) >= 11 is 0. The Labute approximate surface area is 148 Å². The van der Waals surface area contributed by atoms with Gasteiger partial charge in [0, 0.05) is 26.2 Å². The van der Waals surface area contributed by atoms with Crippen molar-refractivity contribution in [3.05, 3.63) is 71.3 Å². The number of carbonyl (C=O) groups is 1. The normalized spacial score (nSPS) is 15.2. The van der Waals surface area contributed by atoms with E-state index in [4.69, 9.17) is 0 Å². The van der Waals surface area contributed by atoms with E-state index in [0.29, 0.717) is 6.54 Å². The van der Waals surface area contributed by atoms with Gasteiger partial charge in [0.1, 0.15) is 0 Å². The summed E-state index contributed by atoms with van der Waals surface area (Å²) in [6.45, 7) is 3.23. The fourth-order valence-electron chi connectivity index (χ4n) is 3.20. The van der Waals surface area contributed by atoms with Crippen molar-refractivity contribution < 1.29 is 9.90 Å². The molecule has 0 spiro atoms. The van der Waals surface area contributed by atoms with Crippen molar-refractivity contribution in [3.63, 3.8) is 0 Å². The minimum absolute atomic E-state index is 0.125. The van der Waals surface area contributed by atoms with Crippen LogP contribution in [0.4, 0.5) is 4.79 Å². The molecule has 1 aliphatic heterocycles. The van der Waals surface area contributed by atoms with E-state index in [-0.39, 0.29) is 18.7 Å². The zero-order valence-corrected chi connectivity index (χ0v) is 14.3. The smallest absolute Gasteiger partial charge is 0.315 e. The highest BCUT2D eigenvalue weighted by molar-refractivity contribution is 5.74. The van der Waals surface area contributed by atoms with Crippen LogP contribution in [0.1, 0.15) is 22.7 Å². The number of amides is 2. The quantitative estimate of drug-likeness (QED) is 0.755. The second-order valence-corrected chi connectivity index (χ2v) is 6.34. The maximum Gasteiger partial charge on any atom is 0.315 e. The lowest BCUT2D eigenvalue weighted by Crippen LogP contribution is -2.43. The molecule has 0 saturated carbocycles. The summed E-state index contributed by atoms with van der Waals surface area (Å²) in [6.07, 6.45) is 1.06. The first-order chi connectivity index (χ1) is 12.3. The molecule has 0 radical (unpaired) electrons. The fourth-order valence-corrected chi connectivity index (χ4v) is 3.20. The molecule has 0 saturated heterocycles. The van der Waals surface area contributed by atoms with Crippen molar-refractivity contribution in [2.24, 2.45) is 0 Å². The first-order valence-corrected chi connectivity index (χ1v) is 8.75. The van der Waals surface area contributed by atoms with E-state index < -0.39 is 0 Å². The Balaban J connectivity index is 1.42. The van der Waals surface area contributed by atoms with Crippen LogP contribution in [0.25, 0.3) is 0 Å². The number of fused-ring (bicyclic) bond motifs is 1. The minimum atomic E-state index is -0.386.